The van der Waals surface area contributed by atoms with Crippen LogP contribution in [-0.4, -0.2) is 19.6 Å². The maximum atomic E-state index is 11.5. The van der Waals surface area contributed by atoms with E-state index < -0.39 is 0 Å². The van der Waals surface area contributed by atoms with E-state index >= 15 is 0 Å². The quantitative estimate of drug-likeness (QED) is 0.794. The van der Waals surface area contributed by atoms with E-state index in [0.29, 0.717) is 13.1 Å². The van der Waals surface area contributed by atoms with E-state index in [1.54, 1.807) is 27.6 Å². The molecule has 0 amide bonds. The van der Waals surface area contributed by atoms with E-state index in [2.05, 4.69) is 33.2 Å². The second-order valence-electron chi connectivity index (χ2n) is 4.01. The first-order valence-electron chi connectivity index (χ1n) is 5.90. The van der Waals surface area contributed by atoms with Crippen molar-refractivity contribution < 1.29 is 0 Å². The van der Waals surface area contributed by atoms with Crippen LogP contribution in [0.25, 0.3) is 0 Å². The molecule has 1 unspecified atom stereocenters. The molecule has 2 aromatic rings. The molecule has 0 saturated carbocycles. The zero-order chi connectivity index (χ0) is 13.0. The van der Waals surface area contributed by atoms with Crippen molar-refractivity contribution in [3.05, 3.63) is 46.6 Å². The number of aromatic nitrogens is 4. The molecule has 0 aliphatic carbocycles. The number of nitrogens with zero attached hydrogens (tertiary/aromatic N) is 4. The van der Waals surface area contributed by atoms with Crippen LogP contribution in [-0.2, 0) is 13.1 Å². The van der Waals surface area contributed by atoms with Gasteiger partial charge in [-0.3, -0.25) is 9.48 Å². The number of rotatable bonds is 5. The Labute approximate surface area is 114 Å². The minimum Gasteiger partial charge on any atom is -0.314 e. The van der Waals surface area contributed by atoms with Gasteiger partial charge in [0.25, 0.3) is 5.56 Å². The molecule has 0 N–H and O–H groups in total. The van der Waals surface area contributed by atoms with Crippen molar-refractivity contribution >= 4 is 15.9 Å². The second-order valence-corrected chi connectivity index (χ2v) is 5.12. The largest absolute Gasteiger partial charge is 0.314 e. The Morgan fingerprint density at radius 3 is 2.94 bits per heavy atom. The van der Waals surface area contributed by atoms with Crippen LogP contribution in [0.15, 0.2) is 35.4 Å². The van der Waals surface area contributed by atoms with E-state index in [1.807, 2.05) is 12.3 Å². The summed E-state index contributed by atoms with van der Waals surface area (Å²) in [6.07, 6.45) is 4.66. The summed E-state index contributed by atoms with van der Waals surface area (Å²) in [6, 6.07) is 5.14. The minimum atomic E-state index is 0.00441. The summed E-state index contributed by atoms with van der Waals surface area (Å²) in [5, 5.41) is 8.15. The van der Waals surface area contributed by atoms with Crippen molar-refractivity contribution in [1.82, 2.24) is 19.6 Å². The molecule has 2 rings (SSSR count). The average Bonchev–Trinajstić information content (AvgIpc) is 2.86. The summed E-state index contributed by atoms with van der Waals surface area (Å²) in [7, 11) is 0. The van der Waals surface area contributed by atoms with Crippen molar-refractivity contribution in [3.63, 3.8) is 0 Å². The van der Waals surface area contributed by atoms with Crippen molar-refractivity contribution in [2.75, 3.05) is 0 Å². The summed E-state index contributed by atoms with van der Waals surface area (Å²) in [5.41, 5.74) is 0.933. The molecule has 0 saturated heterocycles. The van der Waals surface area contributed by atoms with Gasteiger partial charge in [0.1, 0.15) is 0 Å². The summed E-state index contributed by atoms with van der Waals surface area (Å²) in [6.45, 7) is 3.32. The Morgan fingerprint density at radius 2 is 2.22 bits per heavy atom. The van der Waals surface area contributed by atoms with Crippen LogP contribution in [0.5, 0.6) is 0 Å². The SMILES string of the molecule is CCC(Br)c1cn(CCn2ccccc2=O)nn1. The van der Waals surface area contributed by atoms with Gasteiger partial charge in [-0.1, -0.05) is 34.1 Å². The van der Waals surface area contributed by atoms with E-state index in [9.17, 15) is 4.79 Å². The average molecular weight is 311 g/mol. The molecular formula is C12H15BrN4O. The second kappa shape index (κ2) is 5.95. The lowest BCUT2D eigenvalue weighted by molar-refractivity contribution is 0.511. The fourth-order valence-corrected chi connectivity index (χ4v) is 1.84. The summed E-state index contributed by atoms with van der Waals surface area (Å²) < 4.78 is 3.42. The van der Waals surface area contributed by atoms with Crippen LogP contribution in [0, 0.1) is 0 Å². The van der Waals surface area contributed by atoms with E-state index in [1.165, 1.54) is 0 Å². The number of hydrogen-bond donors (Lipinski definition) is 0. The molecule has 0 fully saturated rings. The third kappa shape index (κ3) is 3.07. The van der Waals surface area contributed by atoms with Crippen molar-refractivity contribution in [2.45, 2.75) is 31.3 Å². The lowest BCUT2D eigenvalue weighted by Crippen LogP contribution is -2.20. The van der Waals surface area contributed by atoms with E-state index in [4.69, 9.17) is 0 Å². The van der Waals surface area contributed by atoms with Gasteiger partial charge in [0.2, 0.25) is 0 Å². The van der Waals surface area contributed by atoms with Gasteiger partial charge in [0.15, 0.2) is 0 Å². The Bertz CT molecular complexity index is 563. The Morgan fingerprint density at radius 1 is 1.39 bits per heavy atom. The van der Waals surface area contributed by atoms with Gasteiger partial charge in [0, 0.05) is 25.0 Å². The normalized spacial score (nSPS) is 12.6. The highest BCUT2D eigenvalue weighted by Crippen LogP contribution is 2.23. The van der Waals surface area contributed by atoms with Crippen LogP contribution in [0.3, 0.4) is 0 Å². The Hall–Kier alpha value is -1.43. The van der Waals surface area contributed by atoms with Gasteiger partial charge >= 0.3 is 0 Å². The molecule has 2 aromatic heterocycles. The number of aryl methyl sites for hydroxylation is 2. The third-order valence-corrected chi connectivity index (χ3v) is 3.82. The van der Waals surface area contributed by atoms with Gasteiger partial charge in [0.05, 0.1) is 17.1 Å². The van der Waals surface area contributed by atoms with Crippen molar-refractivity contribution in [3.8, 4) is 0 Å². The maximum Gasteiger partial charge on any atom is 0.250 e. The monoisotopic (exact) mass is 310 g/mol. The first-order valence-corrected chi connectivity index (χ1v) is 6.82. The molecule has 0 aliphatic rings. The highest BCUT2D eigenvalue weighted by molar-refractivity contribution is 9.09. The lowest BCUT2D eigenvalue weighted by Gasteiger charge is -2.04. The molecule has 0 spiro atoms. The van der Waals surface area contributed by atoms with Gasteiger partial charge in [-0.15, -0.1) is 5.10 Å². The predicted octanol–water partition coefficient (Wildman–Crippen LogP) is 1.99. The van der Waals surface area contributed by atoms with Crippen LogP contribution < -0.4 is 5.56 Å². The fraction of sp³-hybridized carbons (Fsp3) is 0.417. The molecule has 1 atom stereocenters. The van der Waals surface area contributed by atoms with Crippen molar-refractivity contribution in [2.24, 2.45) is 0 Å². The minimum absolute atomic E-state index is 0.00441. The number of halogens is 1. The van der Waals surface area contributed by atoms with Crippen LogP contribution in [0.1, 0.15) is 23.9 Å². The maximum absolute atomic E-state index is 11.5. The molecule has 0 aliphatic heterocycles. The molecule has 0 radical (unpaired) electrons. The van der Waals surface area contributed by atoms with Gasteiger partial charge in [-0.05, 0) is 12.5 Å². The molecular weight excluding hydrogens is 296 g/mol. The van der Waals surface area contributed by atoms with Gasteiger partial charge in [-0.2, -0.15) is 0 Å². The summed E-state index contributed by atoms with van der Waals surface area (Å²) in [4.78, 5) is 11.8. The third-order valence-electron chi connectivity index (χ3n) is 2.70. The van der Waals surface area contributed by atoms with Crippen LogP contribution in [0.2, 0.25) is 0 Å². The van der Waals surface area contributed by atoms with E-state index in [0.717, 1.165) is 12.1 Å². The standard InChI is InChI=1S/C12H15BrN4O/c1-2-10(13)11-9-17(15-14-11)8-7-16-6-4-3-5-12(16)18/h3-6,9-10H,2,7-8H2,1H3. The zero-order valence-electron chi connectivity index (χ0n) is 10.2. The molecule has 6 heteroatoms. The highest BCUT2D eigenvalue weighted by atomic mass is 79.9. The van der Waals surface area contributed by atoms with Gasteiger partial charge in [-0.25, -0.2) is 0 Å². The first kappa shape index (κ1) is 13.0. The Balaban J connectivity index is 2.01. The molecule has 96 valence electrons. The number of pyridine rings is 1. The predicted molar refractivity (Wildman–Crippen MR) is 72.7 cm³/mol. The molecule has 0 aromatic carbocycles. The fourth-order valence-electron chi connectivity index (χ4n) is 1.63. The molecule has 0 bridgehead atoms. The smallest absolute Gasteiger partial charge is 0.250 e. The number of hydrogen-bond acceptors (Lipinski definition) is 3. The van der Waals surface area contributed by atoms with Crippen LogP contribution in [0.4, 0.5) is 0 Å². The molecule has 2 heterocycles. The van der Waals surface area contributed by atoms with Crippen molar-refractivity contribution in [1.29, 1.82) is 0 Å². The number of alkyl halides is 1. The molecule has 5 nitrogen and oxygen atoms in total. The van der Waals surface area contributed by atoms with E-state index in [-0.39, 0.29) is 10.4 Å². The first-order chi connectivity index (χ1) is 8.70. The highest BCUT2D eigenvalue weighted by Gasteiger charge is 2.09. The zero-order valence-corrected chi connectivity index (χ0v) is 11.7. The topological polar surface area (TPSA) is 52.7 Å². The summed E-state index contributed by atoms with van der Waals surface area (Å²) >= 11 is 3.53. The summed E-state index contributed by atoms with van der Waals surface area (Å²) in [5.74, 6) is 0. The Kier molecular flexibility index (Phi) is 4.30. The van der Waals surface area contributed by atoms with Crippen LogP contribution >= 0.6 is 15.9 Å². The molecule has 18 heavy (non-hydrogen) atoms. The lowest BCUT2D eigenvalue weighted by atomic mass is 10.3. The van der Waals surface area contributed by atoms with Gasteiger partial charge < -0.3 is 4.57 Å².